The first-order valence-electron chi connectivity index (χ1n) is 5.69. The lowest BCUT2D eigenvalue weighted by Gasteiger charge is -2.20. The fourth-order valence-electron chi connectivity index (χ4n) is 2.11. The lowest BCUT2D eigenvalue weighted by atomic mass is 10.1. The topological polar surface area (TPSA) is 29.9 Å². The predicted octanol–water partition coefficient (Wildman–Crippen LogP) is 2.18. The molecule has 2 rings (SSSR count). The van der Waals surface area contributed by atoms with E-state index in [4.69, 9.17) is 0 Å². The molecule has 1 aromatic heterocycles. The summed E-state index contributed by atoms with van der Waals surface area (Å²) in [5.74, 6) is 0. The Bertz CT molecular complexity index is 332. The second-order valence-electron chi connectivity index (χ2n) is 4.21. The van der Waals surface area contributed by atoms with E-state index < -0.39 is 0 Å². The minimum Gasteiger partial charge on any atom is -0.306 e. The molecule has 0 saturated heterocycles. The molecule has 0 radical (unpaired) electrons. The van der Waals surface area contributed by atoms with Gasteiger partial charge in [-0.1, -0.05) is 19.1 Å². The van der Waals surface area contributed by atoms with Crippen LogP contribution >= 0.6 is 0 Å². The fourth-order valence-corrected chi connectivity index (χ4v) is 2.11. The molecule has 0 bridgehead atoms. The molecule has 0 amide bonds. The Labute approximate surface area is 91.2 Å². The van der Waals surface area contributed by atoms with E-state index in [0.717, 1.165) is 19.3 Å². The molecule has 0 spiro atoms. The van der Waals surface area contributed by atoms with Crippen molar-refractivity contribution >= 4 is 0 Å². The maximum Gasteiger partial charge on any atom is 0.0537 e. The van der Waals surface area contributed by atoms with Gasteiger partial charge in [0.15, 0.2) is 0 Å². The summed E-state index contributed by atoms with van der Waals surface area (Å²) in [6.07, 6.45) is 12.0. The number of nitrogens with one attached hydrogen (secondary N) is 1. The van der Waals surface area contributed by atoms with Crippen molar-refractivity contribution in [3.63, 3.8) is 0 Å². The molecule has 1 aliphatic carbocycles. The highest BCUT2D eigenvalue weighted by Crippen LogP contribution is 2.19. The molecule has 1 aliphatic rings. The lowest BCUT2D eigenvalue weighted by molar-refractivity contribution is 0.438. The molecule has 0 fully saturated rings. The summed E-state index contributed by atoms with van der Waals surface area (Å²) in [6.45, 7) is 2.22. The Morgan fingerprint density at radius 1 is 1.53 bits per heavy atom. The van der Waals surface area contributed by atoms with Crippen LogP contribution in [0.5, 0.6) is 0 Å². The first-order valence-corrected chi connectivity index (χ1v) is 5.69. The van der Waals surface area contributed by atoms with Gasteiger partial charge in [-0.3, -0.25) is 4.68 Å². The molecule has 82 valence electrons. The van der Waals surface area contributed by atoms with E-state index in [0.29, 0.717) is 12.1 Å². The number of aromatic nitrogens is 2. The minimum atomic E-state index is 0.448. The van der Waals surface area contributed by atoms with Crippen LogP contribution in [0, 0.1) is 0 Å². The van der Waals surface area contributed by atoms with Gasteiger partial charge in [0.2, 0.25) is 0 Å². The van der Waals surface area contributed by atoms with Crippen molar-refractivity contribution < 1.29 is 0 Å². The Morgan fingerprint density at radius 3 is 2.80 bits per heavy atom. The molecule has 1 atom stereocenters. The number of rotatable bonds is 4. The van der Waals surface area contributed by atoms with Gasteiger partial charge in [-0.15, -0.1) is 0 Å². The second kappa shape index (κ2) is 4.62. The summed E-state index contributed by atoms with van der Waals surface area (Å²) >= 11 is 0. The molecule has 1 unspecified atom stereocenters. The largest absolute Gasteiger partial charge is 0.306 e. The average Bonchev–Trinajstić information content (AvgIpc) is 2.85. The summed E-state index contributed by atoms with van der Waals surface area (Å²) in [6, 6.07) is 1.07. The number of hydrogen-bond acceptors (Lipinski definition) is 2. The zero-order valence-electron chi connectivity index (χ0n) is 9.48. The highest BCUT2D eigenvalue weighted by Gasteiger charge is 2.17. The third-order valence-corrected chi connectivity index (χ3v) is 2.98. The average molecular weight is 205 g/mol. The third-order valence-electron chi connectivity index (χ3n) is 2.98. The Hall–Kier alpha value is -1.09. The third kappa shape index (κ3) is 2.48. The molecular formula is C12H19N3. The molecule has 15 heavy (non-hydrogen) atoms. The van der Waals surface area contributed by atoms with Crippen LogP contribution in [0.3, 0.4) is 0 Å². The van der Waals surface area contributed by atoms with E-state index in [-0.39, 0.29) is 0 Å². The van der Waals surface area contributed by atoms with Gasteiger partial charge in [-0.2, -0.15) is 5.10 Å². The summed E-state index contributed by atoms with van der Waals surface area (Å²) in [5, 5.41) is 7.90. The van der Waals surface area contributed by atoms with Crippen molar-refractivity contribution in [3.05, 3.63) is 30.1 Å². The van der Waals surface area contributed by atoms with Gasteiger partial charge in [0.25, 0.3) is 0 Å². The molecular weight excluding hydrogens is 186 g/mol. The van der Waals surface area contributed by atoms with Gasteiger partial charge >= 0.3 is 0 Å². The maximum absolute atomic E-state index is 4.22. The highest BCUT2D eigenvalue weighted by atomic mass is 15.2. The standard InChI is InChI=1S/C12H19N3/c1-3-12(10-8-13-15(2)9-10)14-11-6-4-5-7-11/h4-5,8-9,11-12,14H,3,6-7H2,1-2H3. The van der Waals surface area contributed by atoms with E-state index >= 15 is 0 Å². The van der Waals surface area contributed by atoms with Crippen LogP contribution in [0.4, 0.5) is 0 Å². The first kappa shape index (κ1) is 10.4. The van der Waals surface area contributed by atoms with Crippen LogP contribution in [0.2, 0.25) is 0 Å². The van der Waals surface area contributed by atoms with Gasteiger partial charge in [-0.05, 0) is 19.3 Å². The highest BCUT2D eigenvalue weighted by molar-refractivity contribution is 5.11. The van der Waals surface area contributed by atoms with Crippen molar-refractivity contribution in [1.29, 1.82) is 0 Å². The molecule has 3 heteroatoms. The number of hydrogen-bond donors (Lipinski definition) is 1. The van der Waals surface area contributed by atoms with Crippen molar-refractivity contribution in [1.82, 2.24) is 15.1 Å². The Balaban J connectivity index is 1.97. The van der Waals surface area contributed by atoms with Gasteiger partial charge < -0.3 is 5.32 Å². The van der Waals surface area contributed by atoms with Crippen molar-refractivity contribution in [2.24, 2.45) is 7.05 Å². The molecule has 3 nitrogen and oxygen atoms in total. The van der Waals surface area contributed by atoms with E-state index in [1.54, 1.807) is 0 Å². The van der Waals surface area contributed by atoms with Gasteiger partial charge in [0, 0.05) is 30.9 Å². The van der Waals surface area contributed by atoms with Gasteiger partial charge in [0.05, 0.1) is 6.20 Å². The van der Waals surface area contributed by atoms with Gasteiger partial charge in [0.1, 0.15) is 0 Å². The molecule has 1 heterocycles. The molecule has 0 aromatic carbocycles. The van der Waals surface area contributed by atoms with E-state index in [1.165, 1.54) is 5.56 Å². The first-order chi connectivity index (χ1) is 7.29. The van der Waals surface area contributed by atoms with Crippen molar-refractivity contribution in [2.75, 3.05) is 0 Å². The summed E-state index contributed by atoms with van der Waals surface area (Å²) < 4.78 is 1.87. The molecule has 0 saturated carbocycles. The van der Waals surface area contributed by atoms with E-state index in [2.05, 4.69) is 35.7 Å². The van der Waals surface area contributed by atoms with Crippen LogP contribution in [-0.2, 0) is 7.05 Å². The minimum absolute atomic E-state index is 0.448. The zero-order chi connectivity index (χ0) is 10.7. The van der Waals surface area contributed by atoms with Crippen molar-refractivity contribution in [3.8, 4) is 0 Å². The maximum atomic E-state index is 4.22. The SMILES string of the molecule is CCC(NC1CC=CC1)c1cnn(C)c1. The summed E-state index contributed by atoms with van der Waals surface area (Å²) in [7, 11) is 1.97. The Morgan fingerprint density at radius 2 is 2.27 bits per heavy atom. The molecule has 1 aromatic rings. The van der Waals surface area contributed by atoms with Gasteiger partial charge in [-0.25, -0.2) is 0 Å². The quantitative estimate of drug-likeness (QED) is 0.763. The summed E-state index contributed by atoms with van der Waals surface area (Å²) in [4.78, 5) is 0. The molecule has 0 aliphatic heterocycles. The predicted molar refractivity (Wildman–Crippen MR) is 61.5 cm³/mol. The van der Waals surface area contributed by atoms with Crippen LogP contribution < -0.4 is 5.32 Å². The van der Waals surface area contributed by atoms with Crippen LogP contribution in [-0.4, -0.2) is 15.8 Å². The second-order valence-corrected chi connectivity index (χ2v) is 4.21. The van der Waals surface area contributed by atoms with Crippen LogP contribution in [0.1, 0.15) is 37.8 Å². The monoisotopic (exact) mass is 205 g/mol. The smallest absolute Gasteiger partial charge is 0.0537 e. The van der Waals surface area contributed by atoms with Crippen molar-refractivity contribution in [2.45, 2.75) is 38.3 Å². The molecule has 1 N–H and O–H groups in total. The number of nitrogens with zero attached hydrogens (tertiary/aromatic N) is 2. The zero-order valence-corrected chi connectivity index (χ0v) is 9.48. The van der Waals surface area contributed by atoms with Crippen LogP contribution in [0.25, 0.3) is 0 Å². The lowest BCUT2D eigenvalue weighted by Crippen LogP contribution is -2.30. The number of aryl methyl sites for hydroxylation is 1. The van der Waals surface area contributed by atoms with E-state index in [1.807, 2.05) is 17.9 Å². The summed E-state index contributed by atoms with van der Waals surface area (Å²) in [5.41, 5.74) is 1.30. The van der Waals surface area contributed by atoms with Crippen LogP contribution in [0.15, 0.2) is 24.5 Å². The normalized spacial score (nSPS) is 18.5. The van der Waals surface area contributed by atoms with E-state index in [9.17, 15) is 0 Å². The fraction of sp³-hybridized carbons (Fsp3) is 0.583. The Kier molecular flexibility index (Phi) is 3.21.